The van der Waals surface area contributed by atoms with Crippen molar-refractivity contribution in [2.24, 2.45) is 0 Å². The molecule has 0 aliphatic carbocycles. The first kappa shape index (κ1) is 16.4. The standard InChI is InChI=1S/C20H17N3O2S/c1-14-7-10-17(11-8-14)26(24,25)23-16-9-12-18-19(13-16)22-20(21-18)15-5-3-2-4-6-15/h2-13,23H,1H3,(H,21,22). The zero-order chi connectivity index (χ0) is 18.1. The Morgan fingerprint density at radius 3 is 2.38 bits per heavy atom. The zero-order valence-electron chi connectivity index (χ0n) is 14.1. The van der Waals surface area contributed by atoms with Crippen LogP contribution in [0, 0.1) is 6.92 Å². The number of rotatable bonds is 4. The van der Waals surface area contributed by atoms with Crippen molar-refractivity contribution >= 4 is 26.7 Å². The highest BCUT2D eigenvalue weighted by Crippen LogP contribution is 2.24. The van der Waals surface area contributed by atoms with Gasteiger partial charge in [0, 0.05) is 5.56 Å². The number of aryl methyl sites for hydroxylation is 1. The van der Waals surface area contributed by atoms with Gasteiger partial charge in [0.1, 0.15) is 5.82 Å². The minimum Gasteiger partial charge on any atom is -0.338 e. The van der Waals surface area contributed by atoms with Crippen molar-refractivity contribution < 1.29 is 8.42 Å². The number of hydrogen-bond donors (Lipinski definition) is 2. The van der Waals surface area contributed by atoms with E-state index in [0.717, 1.165) is 28.0 Å². The minimum absolute atomic E-state index is 0.234. The Morgan fingerprint density at radius 2 is 1.65 bits per heavy atom. The Bertz CT molecular complexity index is 1160. The number of hydrogen-bond acceptors (Lipinski definition) is 3. The van der Waals surface area contributed by atoms with Gasteiger partial charge in [-0.2, -0.15) is 0 Å². The molecule has 5 nitrogen and oxygen atoms in total. The fraction of sp³-hybridized carbons (Fsp3) is 0.0500. The zero-order valence-corrected chi connectivity index (χ0v) is 14.9. The minimum atomic E-state index is -3.63. The summed E-state index contributed by atoms with van der Waals surface area (Å²) in [5.74, 6) is 0.749. The van der Waals surface area contributed by atoms with E-state index in [1.54, 1.807) is 42.5 Å². The first-order chi connectivity index (χ1) is 12.5. The molecule has 0 amide bonds. The van der Waals surface area contributed by atoms with Gasteiger partial charge in [0.2, 0.25) is 0 Å². The van der Waals surface area contributed by atoms with Gasteiger partial charge in [-0.25, -0.2) is 13.4 Å². The highest BCUT2D eigenvalue weighted by atomic mass is 32.2. The molecule has 130 valence electrons. The Hall–Kier alpha value is -3.12. The fourth-order valence-electron chi connectivity index (χ4n) is 2.74. The number of aromatic amines is 1. The maximum atomic E-state index is 12.5. The molecule has 1 heterocycles. The highest BCUT2D eigenvalue weighted by Gasteiger charge is 2.14. The largest absolute Gasteiger partial charge is 0.338 e. The lowest BCUT2D eigenvalue weighted by Crippen LogP contribution is -2.12. The predicted octanol–water partition coefficient (Wildman–Crippen LogP) is 4.34. The Balaban J connectivity index is 1.66. The molecule has 0 unspecified atom stereocenters. The molecule has 3 aromatic carbocycles. The van der Waals surface area contributed by atoms with Crippen LogP contribution in [-0.4, -0.2) is 18.4 Å². The molecule has 6 heteroatoms. The summed E-state index contributed by atoms with van der Waals surface area (Å²) in [6, 6.07) is 21.8. The Morgan fingerprint density at radius 1 is 0.923 bits per heavy atom. The van der Waals surface area contributed by atoms with Crippen molar-refractivity contribution in [2.75, 3.05) is 4.72 Å². The lowest BCUT2D eigenvalue weighted by molar-refractivity contribution is 0.601. The van der Waals surface area contributed by atoms with Crippen LogP contribution in [0.3, 0.4) is 0 Å². The molecular weight excluding hydrogens is 346 g/mol. The number of imidazole rings is 1. The lowest BCUT2D eigenvalue weighted by Gasteiger charge is -2.08. The number of H-pyrrole nitrogens is 1. The van der Waals surface area contributed by atoms with E-state index in [0.29, 0.717) is 5.69 Å². The quantitative estimate of drug-likeness (QED) is 0.566. The van der Waals surface area contributed by atoms with Crippen LogP contribution in [0.5, 0.6) is 0 Å². The molecule has 4 rings (SSSR count). The summed E-state index contributed by atoms with van der Waals surface area (Å²) in [7, 11) is -3.63. The van der Waals surface area contributed by atoms with Crippen molar-refractivity contribution in [2.45, 2.75) is 11.8 Å². The average molecular weight is 363 g/mol. The third-order valence-corrected chi connectivity index (χ3v) is 5.51. The van der Waals surface area contributed by atoms with Crippen LogP contribution in [0.1, 0.15) is 5.56 Å². The smallest absolute Gasteiger partial charge is 0.261 e. The summed E-state index contributed by atoms with van der Waals surface area (Å²) in [6.07, 6.45) is 0. The van der Waals surface area contributed by atoms with Gasteiger partial charge >= 0.3 is 0 Å². The molecule has 1 aromatic heterocycles. The van der Waals surface area contributed by atoms with Gasteiger partial charge in [-0.1, -0.05) is 48.0 Å². The van der Waals surface area contributed by atoms with Crippen LogP contribution in [0.2, 0.25) is 0 Å². The van der Waals surface area contributed by atoms with E-state index in [1.807, 2.05) is 37.3 Å². The lowest BCUT2D eigenvalue weighted by atomic mass is 10.2. The van der Waals surface area contributed by atoms with Gasteiger partial charge in [-0.05, 0) is 37.3 Å². The van der Waals surface area contributed by atoms with Gasteiger partial charge in [-0.3, -0.25) is 4.72 Å². The molecule has 4 aromatic rings. The van der Waals surface area contributed by atoms with Gasteiger partial charge in [0.05, 0.1) is 21.6 Å². The van der Waals surface area contributed by atoms with Crippen molar-refractivity contribution in [1.82, 2.24) is 9.97 Å². The third-order valence-electron chi connectivity index (χ3n) is 4.11. The van der Waals surface area contributed by atoms with Gasteiger partial charge < -0.3 is 4.98 Å². The summed E-state index contributed by atoms with van der Waals surface area (Å²) in [6.45, 7) is 1.92. The number of sulfonamides is 1. The fourth-order valence-corrected chi connectivity index (χ4v) is 3.79. The second-order valence-electron chi connectivity index (χ2n) is 6.10. The van der Waals surface area contributed by atoms with Crippen LogP contribution in [0.15, 0.2) is 77.7 Å². The maximum Gasteiger partial charge on any atom is 0.261 e. The number of nitrogens with one attached hydrogen (secondary N) is 2. The van der Waals surface area contributed by atoms with Crippen molar-refractivity contribution in [1.29, 1.82) is 0 Å². The molecule has 0 spiro atoms. The summed E-state index contributed by atoms with van der Waals surface area (Å²) >= 11 is 0. The third kappa shape index (κ3) is 3.19. The van der Waals surface area contributed by atoms with Crippen molar-refractivity contribution in [3.63, 3.8) is 0 Å². The molecule has 2 N–H and O–H groups in total. The predicted molar refractivity (Wildman–Crippen MR) is 104 cm³/mol. The first-order valence-electron chi connectivity index (χ1n) is 8.16. The second kappa shape index (κ2) is 6.31. The van der Waals surface area contributed by atoms with E-state index in [2.05, 4.69) is 14.7 Å². The first-order valence-corrected chi connectivity index (χ1v) is 9.64. The summed E-state index contributed by atoms with van der Waals surface area (Å²) in [4.78, 5) is 8.03. The monoisotopic (exact) mass is 363 g/mol. The Kier molecular flexibility index (Phi) is 3.97. The van der Waals surface area contributed by atoms with E-state index in [9.17, 15) is 8.42 Å². The van der Waals surface area contributed by atoms with E-state index >= 15 is 0 Å². The van der Waals surface area contributed by atoms with Crippen LogP contribution in [-0.2, 0) is 10.0 Å². The second-order valence-corrected chi connectivity index (χ2v) is 7.78. The van der Waals surface area contributed by atoms with Gasteiger partial charge in [0.25, 0.3) is 10.0 Å². The summed E-state index contributed by atoms with van der Waals surface area (Å²) < 4.78 is 27.7. The SMILES string of the molecule is Cc1ccc(S(=O)(=O)Nc2ccc3nc(-c4ccccc4)[nH]c3c2)cc1. The Labute approximate surface area is 151 Å². The van der Waals surface area contributed by atoms with Crippen LogP contribution >= 0.6 is 0 Å². The van der Waals surface area contributed by atoms with E-state index < -0.39 is 10.0 Å². The van der Waals surface area contributed by atoms with Crippen LogP contribution < -0.4 is 4.72 Å². The average Bonchev–Trinajstić information content (AvgIpc) is 3.06. The normalized spacial score (nSPS) is 11.6. The highest BCUT2D eigenvalue weighted by molar-refractivity contribution is 7.92. The molecule has 0 atom stereocenters. The van der Waals surface area contributed by atoms with E-state index in [4.69, 9.17) is 0 Å². The molecule has 0 radical (unpaired) electrons. The molecule has 0 saturated carbocycles. The van der Waals surface area contributed by atoms with Gasteiger partial charge in [-0.15, -0.1) is 0 Å². The molecule has 0 fully saturated rings. The van der Waals surface area contributed by atoms with Gasteiger partial charge in [0.15, 0.2) is 0 Å². The number of fused-ring (bicyclic) bond motifs is 1. The van der Waals surface area contributed by atoms with Crippen molar-refractivity contribution in [3.8, 4) is 11.4 Å². The number of anilines is 1. The number of benzene rings is 3. The molecule has 26 heavy (non-hydrogen) atoms. The molecule has 0 bridgehead atoms. The molecular formula is C20H17N3O2S. The summed E-state index contributed by atoms with van der Waals surface area (Å²) in [5.41, 5.74) is 4.03. The molecule has 0 aliphatic heterocycles. The van der Waals surface area contributed by atoms with Crippen molar-refractivity contribution in [3.05, 3.63) is 78.4 Å². The van der Waals surface area contributed by atoms with Crippen LogP contribution in [0.25, 0.3) is 22.4 Å². The number of nitrogens with zero attached hydrogens (tertiary/aromatic N) is 1. The summed E-state index contributed by atoms with van der Waals surface area (Å²) in [5, 5.41) is 0. The van der Waals surface area contributed by atoms with E-state index in [1.165, 1.54) is 0 Å². The van der Waals surface area contributed by atoms with Crippen LogP contribution in [0.4, 0.5) is 5.69 Å². The molecule has 0 saturated heterocycles. The maximum absolute atomic E-state index is 12.5. The number of aromatic nitrogens is 2. The molecule has 0 aliphatic rings. The van der Waals surface area contributed by atoms with E-state index in [-0.39, 0.29) is 4.90 Å². The topological polar surface area (TPSA) is 74.8 Å².